The molecule has 0 spiro atoms. The largest absolute Gasteiger partial charge is 0.494 e. The first-order valence-electron chi connectivity index (χ1n) is 4.31. The van der Waals surface area contributed by atoms with Gasteiger partial charge in [-0.05, 0) is 28.1 Å². The lowest BCUT2D eigenvalue weighted by Crippen LogP contribution is -1.98. The lowest BCUT2D eigenvalue weighted by molar-refractivity contribution is 0.411. The molecule has 0 radical (unpaired) electrons. The summed E-state index contributed by atoms with van der Waals surface area (Å²) < 4.78 is 6.61. The summed E-state index contributed by atoms with van der Waals surface area (Å²) in [5, 5.41) is 14.3. The summed E-state index contributed by atoms with van der Waals surface area (Å²) in [6.07, 6.45) is 1.45. The molecule has 0 aliphatic carbocycles. The molecule has 80 valence electrons. The highest BCUT2D eigenvalue weighted by Crippen LogP contribution is 2.27. The molecule has 2 rings (SSSR count). The van der Waals surface area contributed by atoms with Gasteiger partial charge in [0, 0.05) is 10.6 Å². The maximum atomic E-state index is 8.32. The van der Waals surface area contributed by atoms with Crippen molar-refractivity contribution in [1.29, 1.82) is 0 Å². The average Bonchev–Trinajstić information content (AvgIpc) is 2.83. The van der Waals surface area contributed by atoms with Gasteiger partial charge in [-0.25, -0.2) is 0 Å². The van der Waals surface area contributed by atoms with Crippen LogP contribution < -0.4 is 4.74 Å². The van der Waals surface area contributed by atoms with Crippen molar-refractivity contribution in [3.05, 3.63) is 35.0 Å². The zero-order valence-corrected chi connectivity index (χ0v) is 8.35. The molecule has 16 heavy (non-hydrogen) atoms. The molecule has 0 N–H and O–H groups in total. The quantitative estimate of drug-likeness (QED) is 0.442. The predicted molar refractivity (Wildman–Crippen MR) is 54.5 cm³/mol. The number of ether oxygens (including phenoxy) is 1. The molecule has 1 heterocycles. The molecule has 8 nitrogen and oxygen atoms in total. The van der Waals surface area contributed by atoms with Crippen molar-refractivity contribution >= 4 is 5.69 Å². The lowest BCUT2D eigenvalue weighted by atomic mass is 10.2. The van der Waals surface area contributed by atoms with Crippen LogP contribution in [-0.4, -0.2) is 27.3 Å². The van der Waals surface area contributed by atoms with Crippen LogP contribution in [0.25, 0.3) is 16.1 Å². The summed E-state index contributed by atoms with van der Waals surface area (Å²) in [4.78, 5) is 2.70. The summed E-state index contributed by atoms with van der Waals surface area (Å²) in [7, 11) is 1.52. The standard InChI is InChI=1S/C8H7N7O/c1-16-8-4-6(11-12-9)2-3-7(8)15-5-10-13-14-15/h2-5H,1H3. The molecule has 0 aliphatic heterocycles. The van der Waals surface area contributed by atoms with Gasteiger partial charge in [0.2, 0.25) is 0 Å². The molecule has 2 aromatic rings. The number of azide groups is 1. The van der Waals surface area contributed by atoms with Crippen LogP contribution in [0.3, 0.4) is 0 Å². The minimum Gasteiger partial charge on any atom is -0.494 e. The Morgan fingerprint density at radius 3 is 3.00 bits per heavy atom. The second kappa shape index (κ2) is 4.28. The van der Waals surface area contributed by atoms with Gasteiger partial charge in [0.1, 0.15) is 17.8 Å². The summed E-state index contributed by atoms with van der Waals surface area (Å²) >= 11 is 0. The van der Waals surface area contributed by atoms with Crippen LogP contribution in [0.1, 0.15) is 0 Å². The van der Waals surface area contributed by atoms with Crippen molar-refractivity contribution in [1.82, 2.24) is 20.2 Å². The molecule has 0 unspecified atom stereocenters. The van der Waals surface area contributed by atoms with E-state index in [9.17, 15) is 0 Å². The van der Waals surface area contributed by atoms with E-state index in [0.717, 1.165) is 0 Å². The van der Waals surface area contributed by atoms with Gasteiger partial charge in [0.25, 0.3) is 0 Å². The number of hydrogen-bond acceptors (Lipinski definition) is 5. The zero-order valence-electron chi connectivity index (χ0n) is 8.35. The molecular formula is C8H7N7O. The highest BCUT2D eigenvalue weighted by Gasteiger charge is 2.06. The third-order valence-electron chi connectivity index (χ3n) is 1.92. The lowest BCUT2D eigenvalue weighted by Gasteiger charge is -2.07. The fraction of sp³-hybridized carbons (Fsp3) is 0.125. The SMILES string of the molecule is COc1cc(N=[N+]=[N-])ccc1-n1cnnn1. The average molecular weight is 217 g/mol. The first-order valence-corrected chi connectivity index (χ1v) is 4.31. The van der Waals surface area contributed by atoms with Crippen LogP contribution in [-0.2, 0) is 0 Å². The zero-order chi connectivity index (χ0) is 11.4. The van der Waals surface area contributed by atoms with Crippen LogP contribution >= 0.6 is 0 Å². The number of tetrazole rings is 1. The van der Waals surface area contributed by atoms with Crippen LogP contribution in [0.15, 0.2) is 29.6 Å². The number of benzene rings is 1. The Balaban J connectivity index is 2.51. The van der Waals surface area contributed by atoms with Crippen molar-refractivity contribution in [3.63, 3.8) is 0 Å². The van der Waals surface area contributed by atoms with Gasteiger partial charge in [0.15, 0.2) is 0 Å². The molecule has 1 aromatic carbocycles. The van der Waals surface area contributed by atoms with Crippen LogP contribution in [0.2, 0.25) is 0 Å². The van der Waals surface area contributed by atoms with E-state index in [1.165, 1.54) is 18.1 Å². The van der Waals surface area contributed by atoms with Crippen LogP contribution in [0.5, 0.6) is 5.75 Å². The van der Waals surface area contributed by atoms with Gasteiger partial charge in [-0.1, -0.05) is 11.2 Å². The van der Waals surface area contributed by atoms with Crippen molar-refractivity contribution < 1.29 is 4.74 Å². The van der Waals surface area contributed by atoms with E-state index in [2.05, 4.69) is 25.6 Å². The molecule has 0 bridgehead atoms. The topological polar surface area (TPSA) is 102 Å². The molecule has 0 fully saturated rings. The van der Waals surface area contributed by atoms with E-state index >= 15 is 0 Å². The minimum absolute atomic E-state index is 0.469. The molecule has 0 atom stereocenters. The first kappa shape index (κ1) is 9.94. The highest BCUT2D eigenvalue weighted by atomic mass is 16.5. The first-order chi connectivity index (χ1) is 7.85. The Morgan fingerprint density at radius 1 is 1.50 bits per heavy atom. The number of methoxy groups -OCH3 is 1. The summed E-state index contributed by atoms with van der Waals surface area (Å²) in [5.74, 6) is 0.525. The molecule has 1 aromatic heterocycles. The second-order valence-electron chi connectivity index (χ2n) is 2.80. The Hall–Kier alpha value is -2.60. The normalized spacial score (nSPS) is 9.56. The third-order valence-corrected chi connectivity index (χ3v) is 1.92. The Labute approximate surface area is 90.1 Å². The molecule has 0 saturated heterocycles. The van der Waals surface area contributed by atoms with E-state index in [4.69, 9.17) is 10.3 Å². The van der Waals surface area contributed by atoms with E-state index in [0.29, 0.717) is 17.1 Å². The smallest absolute Gasteiger partial charge is 0.145 e. The van der Waals surface area contributed by atoms with Gasteiger partial charge >= 0.3 is 0 Å². The Kier molecular flexibility index (Phi) is 2.66. The van der Waals surface area contributed by atoms with E-state index in [1.54, 1.807) is 18.2 Å². The van der Waals surface area contributed by atoms with E-state index in [1.807, 2.05) is 0 Å². The monoisotopic (exact) mass is 217 g/mol. The highest BCUT2D eigenvalue weighted by molar-refractivity contribution is 5.54. The fourth-order valence-corrected chi connectivity index (χ4v) is 1.24. The van der Waals surface area contributed by atoms with Crippen LogP contribution in [0, 0.1) is 0 Å². The number of nitrogens with zero attached hydrogens (tertiary/aromatic N) is 7. The fourth-order valence-electron chi connectivity index (χ4n) is 1.24. The van der Waals surface area contributed by atoms with Crippen molar-refractivity contribution in [3.8, 4) is 11.4 Å². The maximum Gasteiger partial charge on any atom is 0.145 e. The van der Waals surface area contributed by atoms with E-state index < -0.39 is 0 Å². The molecule has 0 saturated carbocycles. The van der Waals surface area contributed by atoms with Gasteiger partial charge in [-0.2, -0.15) is 4.68 Å². The van der Waals surface area contributed by atoms with E-state index in [-0.39, 0.29) is 0 Å². The van der Waals surface area contributed by atoms with Crippen molar-refractivity contribution in [2.24, 2.45) is 5.11 Å². The summed E-state index contributed by atoms with van der Waals surface area (Å²) in [6.45, 7) is 0. The molecular weight excluding hydrogens is 210 g/mol. The molecule has 8 heteroatoms. The maximum absolute atomic E-state index is 8.32. The number of aromatic nitrogens is 4. The van der Waals surface area contributed by atoms with Crippen molar-refractivity contribution in [2.75, 3.05) is 7.11 Å². The minimum atomic E-state index is 0.469. The predicted octanol–water partition coefficient (Wildman–Crippen LogP) is 1.61. The number of hydrogen-bond donors (Lipinski definition) is 0. The van der Waals surface area contributed by atoms with Crippen molar-refractivity contribution in [2.45, 2.75) is 0 Å². The second-order valence-corrected chi connectivity index (χ2v) is 2.80. The number of rotatable bonds is 3. The van der Waals surface area contributed by atoms with Gasteiger partial charge in [0.05, 0.1) is 7.11 Å². The summed E-state index contributed by atoms with van der Waals surface area (Å²) in [5.41, 5.74) is 9.46. The third kappa shape index (κ3) is 1.77. The van der Waals surface area contributed by atoms with Crippen LogP contribution in [0.4, 0.5) is 5.69 Å². The molecule has 0 amide bonds. The Morgan fingerprint density at radius 2 is 2.38 bits per heavy atom. The van der Waals surface area contributed by atoms with Gasteiger partial charge in [-0.15, -0.1) is 5.10 Å². The summed E-state index contributed by atoms with van der Waals surface area (Å²) in [6, 6.07) is 4.97. The molecule has 0 aliphatic rings. The van der Waals surface area contributed by atoms with Gasteiger partial charge in [-0.3, -0.25) is 0 Å². The Bertz CT molecular complexity index is 529. The van der Waals surface area contributed by atoms with Gasteiger partial charge < -0.3 is 4.74 Å².